The maximum absolute atomic E-state index is 9.85. The van der Waals surface area contributed by atoms with Crippen LogP contribution in [0, 0.1) is 0 Å². The molecule has 0 saturated carbocycles. The van der Waals surface area contributed by atoms with Gasteiger partial charge in [0.15, 0.2) is 11.5 Å². The Morgan fingerprint density at radius 2 is 2.21 bits per heavy atom. The van der Waals surface area contributed by atoms with Crippen LogP contribution in [0.1, 0.15) is 18.4 Å². The van der Waals surface area contributed by atoms with E-state index in [-0.39, 0.29) is 6.10 Å². The van der Waals surface area contributed by atoms with Crippen LogP contribution in [0.5, 0.6) is 11.5 Å². The standard InChI is InChI=1S/C15H21NO3/c1-3-4-5-13(17)10-16(2)9-12-6-7-14-15(8-12)19-11-18-14/h3,6-8,13,17H,1,4-5,9-11H2,2H3. The van der Waals surface area contributed by atoms with Crippen molar-refractivity contribution in [3.05, 3.63) is 36.4 Å². The first kappa shape index (κ1) is 13.9. The fourth-order valence-corrected chi connectivity index (χ4v) is 2.18. The SMILES string of the molecule is C=CCCC(O)CN(C)Cc1ccc2c(c1)OCO2. The molecule has 0 saturated heterocycles. The zero-order valence-corrected chi connectivity index (χ0v) is 11.3. The molecule has 0 fully saturated rings. The first-order valence-corrected chi connectivity index (χ1v) is 6.55. The van der Waals surface area contributed by atoms with E-state index in [2.05, 4.69) is 11.5 Å². The third kappa shape index (κ3) is 3.98. The average Bonchev–Trinajstić information content (AvgIpc) is 2.83. The maximum atomic E-state index is 9.85. The molecule has 0 aromatic heterocycles. The Kier molecular flexibility index (Phi) is 4.82. The number of likely N-dealkylation sites (N-methyl/N-ethyl adjacent to an activating group) is 1. The van der Waals surface area contributed by atoms with Gasteiger partial charge in [0.25, 0.3) is 0 Å². The lowest BCUT2D eigenvalue weighted by molar-refractivity contribution is 0.116. The molecular formula is C15H21NO3. The highest BCUT2D eigenvalue weighted by Crippen LogP contribution is 2.32. The second kappa shape index (κ2) is 6.59. The number of fused-ring (bicyclic) bond motifs is 1. The van der Waals surface area contributed by atoms with Gasteiger partial charge in [-0.1, -0.05) is 12.1 Å². The maximum Gasteiger partial charge on any atom is 0.231 e. The summed E-state index contributed by atoms with van der Waals surface area (Å²) in [6.07, 6.45) is 3.13. The highest BCUT2D eigenvalue weighted by Gasteiger charge is 2.14. The highest BCUT2D eigenvalue weighted by molar-refractivity contribution is 5.44. The molecular weight excluding hydrogens is 242 g/mol. The predicted octanol–water partition coefficient (Wildman–Crippen LogP) is 2.17. The van der Waals surface area contributed by atoms with Crippen LogP contribution in [0.3, 0.4) is 0 Å². The third-order valence-electron chi connectivity index (χ3n) is 3.12. The number of nitrogens with zero attached hydrogens (tertiary/aromatic N) is 1. The topological polar surface area (TPSA) is 41.9 Å². The van der Waals surface area contributed by atoms with Crippen molar-refractivity contribution in [3.63, 3.8) is 0 Å². The molecule has 0 amide bonds. The van der Waals surface area contributed by atoms with E-state index in [1.807, 2.05) is 31.3 Å². The molecule has 1 N–H and O–H groups in total. The van der Waals surface area contributed by atoms with Crippen LogP contribution < -0.4 is 9.47 Å². The van der Waals surface area contributed by atoms with Gasteiger partial charge in [0.05, 0.1) is 6.10 Å². The summed E-state index contributed by atoms with van der Waals surface area (Å²) < 4.78 is 10.6. The van der Waals surface area contributed by atoms with E-state index in [9.17, 15) is 5.11 Å². The van der Waals surface area contributed by atoms with Crippen molar-refractivity contribution >= 4 is 0 Å². The summed E-state index contributed by atoms with van der Waals surface area (Å²) in [6.45, 7) is 5.40. The van der Waals surface area contributed by atoms with Crippen molar-refractivity contribution in [2.45, 2.75) is 25.5 Å². The van der Waals surface area contributed by atoms with Crippen molar-refractivity contribution in [1.29, 1.82) is 0 Å². The number of aliphatic hydroxyl groups is 1. The molecule has 0 radical (unpaired) electrons. The number of aliphatic hydroxyl groups excluding tert-OH is 1. The van der Waals surface area contributed by atoms with E-state index in [1.165, 1.54) is 0 Å². The lowest BCUT2D eigenvalue weighted by Crippen LogP contribution is -2.28. The van der Waals surface area contributed by atoms with E-state index >= 15 is 0 Å². The van der Waals surface area contributed by atoms with Gasteiger partial charge in [-0.05, 0) is 37.6 Å². The zero-order chi connectivity index (χ0) is 13.7. The van der Waals surface area contributed by atoms with Gasteiger partial charge in [0.2, 0.25) is 6.79 Å². The van der Waals surface area contributed by atoms with Crippen LogP contribution in [0.4, 0.5) is 0 Å². The van der Waals surface area contributed by atoms with Crippen LogP contribution in [0.25, 0.3) is 0 Å². The van der Waals surface area contributed by atoms with E-state index in [0.29, 0.717) is 13.3 Å². The van der Waals surface area contributed by atoms with Gasteiger partial charge in [-0.2, -0.15) is 0 Å². The fraction of sp³-hybridized carbons (Fsp3) is 0.467. The summed E-state index contributed by atoms with van der Waals surface area (Å²) in [4.78, 5) is 2.10. The molecule has 1 aliphatic heterocycles. The summed E-state index contributed by atoms with van der Waals surface area (Å²) in [5.74, 6) is 1.61. The Morgan fingerprint density at radius 3 is 3.00 bits per heavy atom. The van der Waals surface area contributed by atoms with Crippen LogP contribution in [0.15, 0.2) is 30.9 Å². The summed E-state index contributed by atoms with van der Waals surface area (Å²) in [6, 6.07) is 5.95. The third-order valence-corrected chi connectivity index (χ3v) is 3.12. The minimum atomic E-state index is -0.308. The van der Waals surface area contributed by atoms with Crippen LogP contribution in [-0.4, -0.2) is 36.5 Å². The summed E-state index contributed by atoms with van der Waals surface area (Å²) >= 11 is 0. The Bertz CT molecular complexity index is 433. The number of rotatable bonds is 7. The quantitative estimate of drug-likeness (QED) is 0.766. The van der Waals surface area contributed by atoms with Crippen LogP contribution in [0.2, 0.25) is 0 Å². The predicted molar refractivity (Wildman–Crippen MR) is 74.3 cm³/mol. The molecule has 0 aliphatic carbocycles. The normalized spacial score (nSPS) is 14.7. The molecule has 1 unspecified atom stereocenters. The number of hydrogen-bond acceptors (Lipinski definition) is 4. The second-order valence-corrected chi connectivity index (χ2v) is 4.90. The molecule has 19 heavy (non-hydrogen) atoms. The number of ether oxygens (including phenoxy) is 2. The van der Waals surface area contributed by atoms with Gasteiger partial charge in [-0.25, -0.2) is 0 Å². The molecule has 4 nitrogen and oxygen atoms in total. The highest BCUT2D eigenvalue weighted by atomic mass is 16.7. The number of allylic oxidation sites excluding steroid dienone is 1. The monoisotopic (exact) mass is 263 g/mol. The van der Waals surface area contributed by atoms with E-state index < -0.39 is 0 Å². The molecule has 1 aromatic carbocycles. The summed E-state index contributed by atoms with van der Waals surface area (Å²) in [7, 11) is 2.00. The fourth-order valence-electron chi connectivity index (χ4n) is 2.18. The van der Waals surface area contributed by atoms with Gasteiger partial charge >= 0.3 is 0 Å². The smallest absolute Gasteiger partial charge is 0.231 e. The first-order valence-electron chi connectivity index (χ1n) is 6.55. The molecule has 4 heteroatoms. The molecule has 0 spiro atoms. The van der Waals surface area contributed by atoms with Crippen molar-refractivity contribution < 1.29 is 14.6 Å². The van der Waals surface area contributed by atoms with Crippen molar-refractivity contribution in [2.75, 3.05) is 20.4 Å². The molecule has 2 rings (SSSR count). The van der Waals surface area contributed by atoms with Crippen molar-refractivity contribution in [1.82, 2.24) is 4.90 Å². The molecule has 0 bridgehead atoms. The minimum Gasteiger partial charge on any atom is -0.454 e. The Labute approximate surface area is 114 Å². The van der Waals surface area contributed by atoms with E-state index in [4.69, 9.17) is 9.47 Å². The Morgan fingerprint density at radius 1 is 1.42 bits per heavy atom. The van der Waals surface area contributed by atoms with Crippen LogP contribution >= 0.6 is 0 Å². The van der Waals surface area contributed by atoms with Gasteiger partial charge in [-0.15, -0.1) is 6.58 Å². The lowest BCUT2D eigenvalue weighted by atomic mass is 10.1. The molecule has 1 aromatic rings. The Hall–Kier alpha value is -1.52. The summed E-state index contributed by atoms with van der Waals surface area (Å²) in [5.41, 5.74) is 1.16. The molecule has 1 heterocycles. The zero-order valence-electron chi connectivity index (χ0n) is 11.3. The van der Waals surface area contributed by atoms with E-state index in [1.54, 1.807) is 0 Å². The largest absolute Gasteiger partial charge is 0.454 e. The van der Waals surface area contributed by atoms with Gasteiger partial charge in [0.1, 0.15) is 0 Å². The second-order valence-electron chi connectivity index (χ2n) is 4.90. The van der Waals surface area contributed by atoms with Gasteiger partial charge < -0.3 is 14.6 Å². The Balaban J connectivity index is 1.84. The van der Waals surface area contributed by atoms with E-state index in [0.717, 1.165) is 36.4 Å². The molecule has 1 atom stereocenters. The lowest BCUT2D eigenvalue weighted by Gasteiger charge is -2.20. The number of hydrogen-bond donors (Lipinski definition) is 1. The van der Waals surface area contributed by atoms with Crippen LogP contribution in [-0.2, 0) is 6.54 Å². The minimum absolute atomic E-state index is 0.300. The van der Waals surface area contributed by atoms with Crippen molar-refractivity contribution in [3.8, 4) is 11.5 Å². The molecule has 1 aliphatic rings. The van der Waals surface area contributed by atoms with Gasteiger partial charge in [0, 0.05) is 13.1 Å². The van der Waals surface area contributed by atoms with Crippen molar-refractivity contribution in [2.24, 2.45) is 0 Å². The average molecular weight is 263 g/mol. The molecule has 104 valence electrons. The summed E-state index contributed by atoms with van der Waals surface area (Å²) in [5, 5.41) is 9.85. The van der Waals surface area contributed by atoms with Gasteiger partial charge in [-0.3, -0.25) is 4.90 Å². The number of benzene rings is 1. The first-order chi connectivity index (χ1) is 9.19.